The first-order chi connectivity index (χ1) is 14.8. The van der Waals surface area contributed by atoms with Crippen LogP contribution < -0.4 is 0 Å². The maximum atomic E-state index is 12.1. The zero-order valence-corrected chi connectivity index (χ0v) is 18.5. The summed E-state index contributed by atoms with van der Waals surface area (Å²) in [5.41, 5.74) is 1.56. The molecule has 1 fully saturated rings. The predicted octanol–water partition coefficient (Wildman–Crippen LogP) is 4.36. The van der Waals surface area contributed by atoms with Crippen LogP contribution in [-0.4, -0.2) is 43.5 Å². The lowest BCUT2D eigenvalue weighted by Crippen LogP contribution is -2.31. The van der Waals surface area contributed by atoms with Crippen LogP contribution in [0.25, 0.3) is 0 Å². The number of ether oxygens (including phenoxy) is 4. The number of rotatable bonds is 6. The number of halogens is 2. The Balaban J connectivity index is 0.000000357. The Bertz CT molecular complexity index is 847. The van der Waals surface area contributed by atoms with Crippen LogP contribution in [-0.2, 0) is 28.5 Å². The van der Waals surface area contributed by atoms with Crippen molar-refractivity contribution in [1.29, 1.82) is 0 Å². The van der Waals surface area contributed by atoms with Crippen molar-refractivity contribution in [3.8, 4) is 0 Å². The number of carbonyl (C=O) groups is 3. The van der Waals surface area contributed by atoms with Crippen molar-refractivity contribution in [1.82, 2.24) is 0 Å². The number of aryl methyl sites for hydroxylation is 1. The van der Waals surface area contributed by atoms with Crippen molar-refractivity contribution >= 4 is 41.6 Å². The van der Waals surface area contributed by atoms with E-state index in [4.69, 9.17) is 37.4 Å². The van der Waals surface area contributed by atoms with Gasteiger partial charge in [0.2, 0.25) is 6.29 Å². The highest BCUT2D eigenvalue weighted by Gasteiger charge is 2.40. The van der Waals surface area contributed by atoms with Gasteiger partial charge in [0, 0.05) is 17.0 Å². The van der Waals surface area contributed by atoms with Crippen LogP contribution in [0, 0.1) is 6.92 Å². The van der Waals surface area contributed by atoms with Crippen LogP contribution in [0.1, 0.15) is 29.3 Å². The molecule has 0 bridgehead atoms. The van der Waals surface area contributed by atoms with Gasteiger partial charge >= 0.3 is 11.9 Å². The van der Waals surface area contributed by atoms with Gasteiger partial charge in [-0.3, -0.25) is 9.59 Å². The van der Waals surface area contributed by atoms with Gasteiger partial charge in [-0.15, -0.1) is 0 Å². The Labute approximate surface area is 190 Å². The molecule has 9 heteroatoms. The summed E-state index contributed by atoms with van der Waals surface area (Å²) in [6, 6.07) is 13.9. The largest absolute Gasteiger partial charge is 0.465 e. The molecule has 3 atom stereocenters. The van der Waals surface area contributed by atoms with E-state index in [1.807, 2.05) is 31.2 Å². The number of hydrogen-bond acceptors (Lipinski definition) is 7. The van der Waals surface area contributed by atoms with Crippen LogP contribution in [0.15, 0.2) is 48.5 Å². The van der Waals surface area contributed by atoms with Gasteiger partial charge in [-0.2, -0.15) is 0 Å². The molecule has 0 spiro atoms. The lowest BCUT2D eigenvalue weighted by molar-refractivity contribution is -0.177. The van der Waals surface area contributed by atoms with Gasteiger partial charge in [0.15, 0.2) is 0 Å². The molecule has 0 saturated carbocycles. The summed E-state index contributed by atoms with van der Waals surface area (Å²) in [5.74, 6) is -1.09. The monoisotopic (exact) mass is 468 g/mol. The van der Waals surface area contributed by atoms with Gasteiger partial charge in [0.25, 0.3) is 6.47 Å². The molecule has 1 saturated heterocycles. The molecule has 3 unspecified atom stereocenters. The third-order valence-electron chi connectivity index (χ3n) is 4.14. The lowest BCUT2D eigenvalue weighted by atomic mass is 10.2. The van der Waals surface area contributed by atoms with Crippen molar-refractivity contribution in [3.63, 3.8) is 0 Å². The van der Waals surface area contributed by atoms with Gasteiger partial charge in [0.05, 0.1) is 12.0 Å². The minimum absolute atomic E-state index is 0.111. The maximum Gasteiger partial charge on any atom is 0.338 e. The molecule has 1 heterocycles. The SMILES string of the molecule is CC(=O)OC1CC(OC(=O)c2ccc(Cl)cc2)C(COC=O)O1.Cc1ccc(Cl)cc1. The Morgan fingerprint density at radius 3 is 2.13 bits per heavy atom. The molecule has 1 aliphatic heterocycles. The molecule has 166 valence electrons. The minimum atomic E-state index is -0.851. The molecular weight excluding hydrogens is 447 g/mol. The van der Waals surface area contributed by atoms with Crippen molar-refractivity contribution in [2.45, 2.75) is 38.8 Å². The summed E-state index contributed by atoms with van der Waals surface area (Å²) >= 11 is 11.4. The summed E-state index contributed by atoms with van der Waals surface area (Å²) in [7, 11) is 0. The smallest absolute Gasteiger partial charge is 0.338 e. The third kappa shape index (κ3) is 8.57. The van der Waals surface area contributed by atoms with E-state index in [-0.39, 0.29) is 19.5 Å². The van der Waals surface area contributed by atoms with E-state index in [0.29, 0.717) is 10.6 Å². The van der Waals surface area contributed by atoms with Gasteiger partial charge < -0.3 is 18.9 Å². The maximum absolute atomic E-state index is 12.1. The molecule has 7 nitrogen and oxygen atoms in total. The zero-order valence-electron chi connectivity index (χ0n) is 17.0. The molecular formula is C22H22Cl2O7. The Morgan fingerprint density at radius 1 is 1.03 bits per heavy atom. The molecule has 0 aliphatic carbocycles. The molecule has 2 aromatic rings. The number of hydrogen-bond donors (Lipinski definition) is 0. The van der Waals surface area contributed by atoms with E-state index < -0.39 is 30.4 Å². The van der Waals surface area contributed by atoms with Crippen LogP contribution in [0.5, 0.6) is 0 Å². The highest BCUT2D eigenvalue weighted by atomic mass is 35.5. The molecule has 2 aromatic carbocycles. The topological polar surface area (TPSA) is 88.1 Å². The zero-order chi connectivity index (χ0) is 22.8. The summed E-state index contributed by atoms with van der Waals surface area (Å²) in [4.78, 5) is 33.4. The fraction of sp³-hybridized carbons (Fsp3) is 0.318. The first kappa shape index (κ1) is 24.7. The van der Waals surface area contributed by atoms with E-state index in [1.54, 1.807) is 12.1 Å². The average molecular weight is 469 g/mol. The van der Waals surface area contributed by atoms with Crippen molar-refractivity contribution in [3.05, 3.63) is 69.7 Å². The average Bonchev–Trinajstić information content (AvgIpc) is 3.09. The molecule has 0 amide bonds. The van der Waals surface area contributed by atoms with E-state index >= 15 is 0 Å². The number of carbonyl (C=O) groups excluding carboxylic acids is 3. The fourth-order valence-corrected chi connectivity index (χ4v) is 2.92. The standard InChI is InChI=1S/C15H15ClO7.C7H7Cl/c1-9(18)21-14-6-12(13(22-14)7-20-8-17)23-15(19)10-2-4-11(16)5-3-10;1-6-2-4-7(8)5-3-6/h2-5,8,12-14H,6-7H2,1H3;2-5H,1H3. The molecule has 0 aromatic heterocycles. The summed E-state index contributed by atoms with van der Waals surface area (Å²) < 4.78 is 20.4. The van der Waals surface area contributed by atoms with E-state index in [1.165, 1.54) is 24.6 Å². The third-order valence-corrected chi connectivity index (χ3v) is 4.65. The Hall–Kier alpha value is -2.61. The van der Waals surface area contributed by atoms with E-state index in [9.17, 15) is 14.4 Å². The quantitative estimate of drug-likeness (QED) is 0.353. The Morgan fingerprint density at radius 2 is 1.61 bits per heavy atom. The van der Waals surface area contributed by atoms with Crippen LogP contribution >= 0.6 is 23.2 Å². The summed E-state index contributed by atoms with van der Waals surface area (Å²) in [6.45, 7) is 3.43. The van der Waals surface area contributed by atoms with E-state index in [2.05, 4.69) is 4.74 Å². The molecule has 0 radical (unpaired) electrons. The minimum Gasteiger partial charge on any atom is -0.465 e. The lowest BCUT2D eigenvalue weighted by Gasteiger charge is -2.17. The molecule has 0 N–H and O–H groups in total. The van der Waals surface area contributed by atoms with E-state index in [0.717, 1.165) is 5.02 Å². The van der Waals surface area contributed by atoms with Crippen molar-refractivity contribution in [2.24, 2.45) is 0 Å². The normalized spacial score (nSPS) is 19.5. The first-order valence-electron chi connectivity index (χ1n) is 9.35. The summed E-state index contributed by atoms with van der Waals surface area (Å²) in [6.07, 6.45) is -2.11. The van der Waals surface area contributed by atoms with Crippen molar-refractivity contribution < 1.29 is 33.3 Å². The van der Waals surface area contributed by atoms with Gasteiger partial charge in [-0.05, 0) is 43.3 Å². The van der Waals surface area contributed by atoms with Crippen LogP contribution in [0.4, 0.5) is 0 Å². The van der Waals surface area contributed by atoms with Gasteiger partial charge in [-0.25, -0.2) is 4.79 Å². The summed E-state index contributed by atoms with van der Waals surface area (Å²) in [5, 5.41) is 1.30. The Kier molecular flexibility index (Phi) is 9.78. The molecule has 31 heavy (non-hydrogen) atoms. The molecule has 3 rings (SSSR count). The van der Waals surface area contributed by atoms with Gasteiger partial charge in [0.1, 0.15) is 18.8 Å². The van der Waals surface area contributed by atoms with Crippen LogP contribution in [0.3, 0.4) is 0 Å². The second kappa shape index (κ2) is 12.3. The second-order valence-corrected chi connectivity index (χ2v) is 7.50. The second-order valence-electron chi connectivity index (χ2n) is 6.63. The van der Waals surface area contributed by atoms with Crippen molar-refractivity contribution in [2.75, 3.05) is 6.61 Å². The van der Waals surface area contributed by atoms with Crippen LogP contribution in [0.2, 0.25) is 10.0 Å². The number of benzene rings is 2. The first-order valence-corrected chi connectivity index (χ1v) is 10.1. The molecule has 1 aliphatic rings. The highest BCUT2D eigenvalue weighted by Crippen LogP contribution is 2.26. The van der Waals surface area contributed by atoms with Gasteiger partial charge in [-0.1, -0.05) is 40.9 Å². The highest BCUT2D eigenvalue weighted by molar-refractivity contribution is 6.30. The fourth-order valence-electron chi connectivity index (χ4n) is 2.67. The number of esters is 2. The predicted molar refractivity (Wildman–Crippen MR) is 114 cm³/mol.